The van der Waals surface area contributed by atoms with Crippen LogP contribution >= 0.6 is 0 Å². The van der Waals surface area contributed by atoms with Crippen LogP contribution in [0.4, 0.5) is 5.69 Å². The molecule has 10 heteroatoms. The maximum atomic E-state index is 13.9. The second-order valence-corrected chi connectivity index (χ2v) is 10.6. The molecule has 1 heterocycles. The number of nitro benzene ring substituents is 1. The molecule has 0 saturated heterocycles. The fourth-order valence-electron chi connectivity index (χ4n) is 4.99. The van der Waals surface area contributed by atoms with Gasteiger partial charge < -0.3 is 9.47 Å². The summed E-state index contributed by atoms with van der Waals surface area (Å²) in [5.74, 6) is 1.50. The van der Waals surface area contributed by atoms with Crippen molar-refractivity contribution in [1.82, 2.24) is 9.66 Å². The lowest BCUT2D eigenvalue weighted by Gasteiger charge is -2.18. The Kier molecular flexibility index (Phi) is 9.00. The van der Waals surface area contributed by atoms with Crippen LogP contribution in [0.5, 0.6) is 11.5 Å². The molecule has 226 valence electrons. The van der Waals surface area contributed by atoms with Gasteiger partial charge in [-0.15, -0.1) is 0 Å². The average molecular weight is 602 g/mol. The van der Waals surface area contributed by atoms with Gasteiger partial charge in [-0.2, -0.15) is 15.0 Å². The molecule has 45 heavy (non-hydrogen) atoms. The monoisotopic (exact) mass is 601 g/mol. The molecule has 0 atom stereocenters. The van der Waals surface area contributed by atoms with E-state index in [0.29, 0.717) is 45.8 Å². The average Bonchev–Trinajstić information content (AvgIpc) is 3.03. The van der Waals surface area contributed by atoms with Gasteiger partial charge >= 0.3 is 0 Å². The quantitative estimate of drug-likeness (QED) is 0.0944. The van der Waals surface area contributed by atoms with Crippen LogP contribution < -0.4 is 15.0 Å². The van der Waals surface area contributed by atoms with Crippen LogP contribution in [0.25, 0.3) is 22.3 Å². The van der Waals surface area contributed by atoms with Gasteiger partial charge in [-0.05, 0) is 67.3 Å². The number of hydrogen-bond acceptors (Lipinski definition) is 8. The zero-order valence-corrected chi connectivity index (χ0v) is 25.4. The molecule has 1 aromatic heterocycles. The third-order valence-electron chi connectivity index (χ3n) is 7.31. The van der Waals surface area contributed by atoms with E-state index < -0.39 is 10.5 Å². The molecular weight excluding hydrogens is 570 g/mol. The molecule has 0 radical (unpaired) electrons. The third kappa shape index (κ3) is 6.43. The lowest BCUT2D eigenvalue weighted by Crippen LogP contribution is -2.21. The van der Waals surface area contributed by atoms with Gasteiger partial charge in [0.1, 0.15) is 18.1 Å². The summed E-state index contributed by atoms with van der Waals surface area (Å²) >= 11 is 0. The SMILES string of the molecule is CCOc1cc(C)c(-c2nc3ccccc3c(=O)n2N=Cc2cc([N+](=O)[O-])ccc2OCc2ccccc2C#N)cc1C(C)C. The normalized spacial score (nSPS) is 11.2. The first kappa shape index (κ1) is 30.6. The highest BCUT2D eigenvalue weighted by Crippen LogP contribution is 2.34. The Bertz CT molecular complexity index is 2040. The van der Waals surface area contributed by atoms with E-state index in [0.717, 1.165) is 16.9 Å². The molecule has 0 spiro atoms. The summed E-state index contributed by atoms with van der Waals surface area (Å²) in [4.78, 5) is 29.9. The number of aromatic nitrogens is 2. The van der Waals surface area contributed by atoms with Gasteiger partial charge in [-0.1, -0.05) is 44.2 Å². The third-order valence-corrected chi connectivity index (χ3v) is 7.31. The zero-order valence-electron chi connectivity index (χ0n) is 25.4. The van der Waals surface area contributed by atoms with Crippen LogP contribution in [-0.2, 0) is 6.61 Å². The zero-order chi connectivity index (χ0) is 32.1. The Morgan fingerprint density at radius 2 is 1.80 bits per heavy atom. The largest absolute Gasteiger partial charge is 0.494 e. The molecule has 0 amide bonds. The Balaban J connectivity index is 1.67. The van der Waals surface area contributed by atoms with E-state index in [1.54, 1.807) is 42.5 Å². The number of hydrogen-bond donors (Lipinski definition) is 0. The molecule has 0 fully saturated rings. The first-order chi connectivity index (χ1) is 21.7. The molecule has 10 nitrogen and oxygen atoms in total. The predicted molar refractivity (Wildman–Crippen MR) is 173 cm³/mol. The fourth-order valence-corrected chi connectivity index (χ4v) is 4.99. The fraction of sp³-hybridized carbons (Fsp3) is 0.200. The van der Waals surface area contributed by atoms with E-state index in [2.05, 4.69) is 25.0 Å². The number of nitro groups is 1. The highest BCUT2D eigenvalue weighted by molar-refractivity contribution is 5.85. The summed E-state index contributed by atoms with van der Waals surface area (Å²) < 4.78 is 13.1. The van der Waals surface area contributed by atoms with E-state index >= 15 is 0 Å². The van der Waals surface area contributed by atoms with Crippen molar-refractivity contribution in [3.8, 4) is 29.0 Å². The van der Waals surface area contributed by atoms with Crippen molar-refractivity contribution in [2.24, 2.45) is 5.10 Å². The second-order valence-electron chi connectivity index (χ2n) is 10.6. The molecule has 5 rings (SSSR count). The maximum absolute atomic E-state index is 13.9. The lowest BCUT2D eigenvalue weighted by atomic mass is 9.96. The summed E-state index contributed by atoms with van der Waals surface area (Å²) in [5, 5.41) is 26.0. The highest BCUT2D eigenvalue weighted by atomic mass is 16.6. The summed E-state index contributed by atoms with van der Waals surface area (Å²) in [6, 6.07) is 24.2. The van der Waals surface area contributed by atoms with Gasteiger partial charge in [0, 0.05) is 28.8 Å². The first-order valence-corrected chi connectivity index (χ1v) is 14.4. The molecule has 0 aliphatic heterocycles. The molecule has 0 saturated carbocycles. The number of nitriles is 1. The van der Waals surface area contributed by atoms with Gasteiger partial charge in [0.2, 0.25) is 0 Å². The first-order valence-electron chi connectivity index (χ1n) is 14.4. The summed E-state index contributed by atoms with van der Waals surface area (Å²) in [7, 11) is 0. The van der Waals surface area contributed by atoms with Crippen LogP contribution in [0.3, 0.4) is 0 Å². The number of nitrogens with zero attached hydrogens (tertiary/aromatic N) is 5. The molecule has 0 aliphatic rings. The minimum atomic E-state index is -0.516. The summed E-state index contributed by atoms with van der Waals surface area (Å²) in [6.07, 6.45) is 1.35. The molecule has 0 unspecified atom stereocenters. The highest BCUT2D eigenvalue weighted by Gasteiger charge is 2.19. The number of aryl methyl sites for hydroxylation is 1. The Morgan fingerprint density at radius 3 is 2.53 bits per heavy atom. The molecule has 4 aromatic carbocycles. The maximum Gasteiger partial charge on any atom is 0.282 e. The van der Waals surface area contributed by atoms with Crippen LogP contribution in [0.15, 0.2) is 88.8 Å². The van der Waals surface area contributed by atoms with E-state index in [4.69, 9.17) is 14.5 Å². The summed E-state index contributed by atoms with van der Waals surface area (Å²) in [6.45, 7) is 8.54. The molecule has 0 bridgehead atoms. The Hall–Kier alpha value is -5.82. The number of rotatable bonds is 10. The molecule has 0 aliphatic carbocycles. The number of ether oxygens (including phenoxy) is 2. The van der Waals surface area contributed by atoms with E-state index in [1.165, 1.54) is 29.1 Å². The van der Waals surface area contributed by atoms with Crippen LogP contribution in [0.1, 0.15) is 54.5 Å². The van der Waals surface area contributed by atoms with Crippen molar-refractivity contribution in [2.45, 2.75) is 40.2 Å². The Morgan fingerprint density at radius 1 is 1.04 bits per heavy atom. The molecule has 0 N–H and O–H groups in total. The lowest BCUT2D eigenvalue weighted by molar-refractivity contribution is -0.384. The molecule has 5 aromatic rings. The van der Waals surface area contributed by atoms with Crippen molar-refractivity contribution in [2.75, 3.05) is 6.61 Å². The number of fused-ring (bicyclic) bond motifs is 1. The van der Waals surface area contributed by atoms with Gasteiger partial charge in [0.05, 0.1) is 40.3 Å². The van der Waals surface area contributed by atoms with E-state index in [9.17, 15) is 20.2 Å². The van der Waals surface area contributed by atoms with Crippen molar-refractivity contribution < 1.29 is 14.4 Å². The van der Waals surface area contributed by atoms with Gasteiger partial charge in [0.15, 0.2) is 5.82 Å². The van der Waals surface area contributed by atoms with Crippen molar-refractivity contribution >= 4 is 22.8 Å². The van der Waals surface area contributed by atoms with E-state index in [1.807, 2.05) is 32.0 Å². The number of para-hydroxylation sites is 1. The van der Waals surface area contributed by atoms with Crippen LogP contribution in [-0.4, -0.2) is 27.4 Å². The second kappa shape index (κ2) is 13.2. The van der Waals surface area contributed by atoms with Gasteiger partial charge in [-0.3, -0.25) is 14.9 Å². The van der Waals surface area contributed by atoms with Crippen molar-refractivity contribution in [3.05, 3.63) is 127 Å². The van der Waals surface area contributed by atoms with Gasteiger partial charge in [-0.25, -0.2) is 4.98 Å². The van der Waals surface area contributed by atoms with Crippen LogP contribution in [0, 0.1) is 28.4 Å². The van der Waals surface area contributed by atoms with Gasteiger partial charge in [0.25, 0.3) is 11.2 Å². The van der Waals surface area contributed by atoms with Crippen molar-refractivity contribution in [3.63, 3.8) is 0 Å². The van der Waals surface area contributed by atoms with Crippen molar-refractivity contribution in [1.29, 1.82) is 5.26 Å². The minimum Gasteiger partial charge on any atom is -0.494 e. The standard InChI is InChI=1S/C35H31N5O5/c1-5-44-33-16-23(4)30(18-29(33)22(2)3)34-38-31-13-9-8-12-28(31)35(41)39(34)37-20-26-17-27(40(42)43)14-15-32(26)45-21-25-11-7-6-10-24(25)19-36/h6-18,20,22H,5,21H2,1-4H3. The Labute approximate surface area is 260 Å². The van der Waals surface area contributed by atoms with Crippen LogP contribution in [0.2, 0.25) is 0 Å². The molecular formula is C35H31N5O5. The smallest absolute Gasteiger partial charge is 0.282 e. The number of non-ortho nitro benzene ring substituents is 1. The summed E-state index contributed by atoms with van der Waals surface area (Å²) in [5.41, 5.74) is 3.83. The topological polar surface area (TPSA) is 133 Å². The van der Waals surface area contributed by atoms with E-state index in [-0.39, 0.29) is 23.8 Å². The number of benzene rings is 4. The predicted octanol–water partition coefficient (Wildman–Crippen LogP) is 7.14. The minimum absolute atomic E-state index is 0.0501.